The summed E-state index contributed by atoms with van der Waals surface area (Å²) in [5.74, 6) is 1.03. The van der Waals surface area contributed by atoms with Crippen molar-refractivity contribution in [2.75, 3.05) is 19.0 Å². The molecule has 0 spiro atoms. The molecule has 1 aromatic rings. The molecule has 1 atom stereocenters. The van der Waals surface area contributed by atoms with Gasteiger partial charge in [-0.25, -0.2) is 0 Å². The van der Waals surface area contributed by atoms with Gasteiger partial charge >= 0.3 is 0 Å². The van der Waals surface area contributed by atoms with Crippen molar-refractivity contribution in [1.82, 2.24) is 0 Å². The summed E-state index contributed by atoms with van der Waals surface area (Å²) in [6, 6.07) is 8.29. The molecule has 86 valence electrons. The summed E-state index contributed by atoms with van der Waals surface area (Å²) < 4.78 is 5.22. The zero-order valence-electron chi connectivity index (χ0n) is 9.44. The Balaban J connectivity index is 1.82. The number of ether oxygens (including phenoxy) is 1. The number of aryl methyl sites for hydroxylation is 1. The molecular weight excluding hydrogens is 220 g/mol. The maximum absolute atomic E-state index is 11.8. The van der Waals surface area contributed by atoms with E-state index in [-0.39, 0.29) is 5.92 Å². The Morgan fingerprint density at radius 1 is 1.44 bits per heavy atom. The first-order valence-corrected chi connectivity index (χ1v) is 6.54. The minimum Gasteiger partial charge on any atom is -0.381 e. The summed E-state index contributed by atoms with van der Waals surface area (Å²) in [6.45, 7) is 3.42. The Kier molecular flexibility index (Phi) is 4.02. The van der Waals surface area contributed by atoms with Crippen molar-refractivity contribution >= 4 is 17.5 Å². The fraction of sp³-hybridized carbons (Fsp3) is 0.462. The van der Waals surface area contributed by atoms with Crippen LogP contribution in [-0.2, 0) is 9.53 Å². The third-order valence-electron chi connectivity index (χ3n) is 2.79. The molecule has 1 aromatic carbocycles. The Hall–Kier alpha value is -0.800. The van der Waals surface area contributed by atoms with E-state index in [0.717, 1.165) is 17.9 Å². The Morgan fingerprint density at radius 2 is 2.19 bits per heavy atom. The first-order valence-electron chi connectivity index (χ1n) is 5.55. The van der Waals surface area contributed by atoms with Crippen molar-refractivity contribution in [3.63, 3.8) is 0 Å². The Morgan fingerprint density at radius 3 is 2.81 bits per heavy atom. The van der Waals surface area contributed by atoms with Crippen LogP contribution in [0.1, 0.15) is 12.0 Å². The predicted octanol–water partition coefficient (Wildman–Crippen LogP) is 2.69. The average Bonchev–Trinajstić information content (AvgIpc) is 2.81. The number of rotatable bonds is 4. The van der Waals surface area contributed by atoms with Gasteiger partial charge in [-0.1, -0.05) is 17.7 Å². The molecule has 1 saturated heterocycles. The van der Waals surface area contributed by atoms with Gasteiger partial charge in [0, 0.05) is 17.4 Å². The van der Waals surface area contributed by atoms with Crippen LogP contribution in [0.5, 0.6) is 0 Å². The highest BCUT2D eigenvalue weighted by Gasteiger charge is 2.22. The van der Waals surface area contributed by atoms with E-state index in [1.165, 1.54) is 5.56 Å². The van der Waals surface area contributed by atoms with Gasteiger partial charge < -0.3 is 4.74 Å². The fourth-order valence-electron chi connectivity index (χ4n) is 1.70. The molecule has 0 aromatic heterocycles. The van der Waals surface area contributed by atoms with E-state index in [0.29, 0.717) is 18.1 Å². The standard InChI is InChI=1S/C13H16O2S/c1-10-2-4-12(5-3-10)16-9-13(14)11-6-7-15-8-11/h2-5,11H,6-9H2,1H3. The van der Waals surface area contributed by atoms with E-state index in [4.69, 9.17) is 4.74 Å². The summed E-state index contributed by atoms with van der Waals surface area (Å²) in [6.07, 6.45) is 0.896. The summed E-state index contributed by atoms with van der Waals surface area (Å²) in [7, 11) is 0. The number of Topliss-reactive ketones (excluding diaryl/α,β-unsaturated/α-hetero) is 1. The molecule has 1 aliphatic rings. The summed E-state index contributed by atoms with van der Waals surface area (Å²) in [4.78, 5) is 12.9. The maximum atomic E-state index is 11.8. The number of ketones is 1. The number of hydrogen-bond acceptors (Lipinski definition) is 3. The van der Waals surface area contributed by atoms with Crippen LogP contribution in [0, 0.1) is 12.8 Å². The molecule has 2 nitrogen and oxygen atoms in total. The highest BCUT2D eigenvalue weighted by atomic mass is 32.2. The quantitative estimate of drug-likeness (QED) is 0.752. The number of benzene rings is 1. The lowest BCUT2D eigenvalue weighted by atomic mass is 10.1. The zero-order valence-corrected chi connectivity index (χ0v) is 10.3. The van der Waals surface area contributed by atoms with Gasteiger partial charge in [0.15, 0.2) is 0 Å². The molecule has 0 radical (unpaired) electrons. The van der Waals surface area contributed by atoms with Gasteiger partial charge in [0.05, 0.1) is 12.4 Å². The van der Waals surface area contributed by atoms with Gasteiger partial charge in [-0.3, -0.25) is 4.79 Å². The lowest BCUT2D eigenvalue weighted by Gasteiger charge is -2.06. The van der Waals surface area contributed by atoms with Crippen LogP contribution < -0.4 is 0 Å². The summed E-state index contributed by atoms with van der Waals surface area (Å²) in [5, 5.41) is 0. The molecule has 1 heterocycles. The first kappa shape index (κ1) is 11.7. The van der Waals surface area contributed by atoms with Gasteiger partial charge in [-0.2, -0.15) is 0 Å². The highest BCUT2D eigenvalue weighted by molar-refractivity contribution is 8.00. The molecule has 1 fully saturated rings. The Labute approximate surface area is 100 Å². The summed E-state index contributed by atoms with van der Waals surface area (Å²) >= 11 is 1.62. The fourth-order valence-corrected chi connectivity index (χ4v) is 2.57. The Bertz CT molecular complexity index is 353. The van der Waals surface area contributed by atoms with Gasteiger partial charge in [-0.15, -0.1) is 11.8 Å². The van der Waals surface area contributed by atoms with Gasteiger partial charge in [0.1, 0.15) is 5.78 Å². The van der Waals surface area contributed by atoms with Crippen molar-refractivity contribution in [2.24, 2.45) is 5.92 Å². The largest absolute Gasteiger partial charge is 0.381 e. The van der Waals surface area contributed by atoms with Crippen LogP contribution in [-0.4, -0.2) is 24.7 Å². The van der Waals surface area contributed by atoms with E-state index in [9.17, 15) is 4.79 Å². The van der Waals surface area contributed by atoms with Crippen LogP contribution in [0.3, 0.4) is 0 Å². The predicted molar refractivity (Wildman–Crippen MR) is 65.8 cm³/mol. The van der Waals surface area contributed by atoms with Crippen molar-refractivity contribution in [3.05, 3.63) is 29.8 Å². The number of carbonyl (C=O) groups excluding carboxylic acids is 1. The average molecular weight is 236 g/mol. The molecule has 16 heavy (non-hydrogen) atoms. The van der Waals surface area contributed by atoms with Crippen LogP contribution in [0.25, 0.3) is 0 Å². The zero-order chi connectivity index (χ0) is 11.4. The molecule has 0 N–H and O–H groups in total. The number of thioether (sulfide) groups is 1. The van der Waals surface area contributed by atoms with Crippen molar-refractivity contribution in [2.45, 2.75) is 18.2 Å². The van der Waals surface area contributed by atoms with Crippen LogP contribution in [0.15, 0.2) is 29.2 Å². The normalized spacial score (nSPS) is 19.9. The van der Waals surface area contributed by atoms with Gasteiger partial charge in [-0.05, 0) is 25.5 Å². The SMILES string of the molecule is Cc1ccc(SCC(=O)C2CCOC2)cc1. The molecule has 0 amide bonds. The van der Waals surface area contributed by atoms with Gasteiger partial charge in [0.25, 0.3) is 0 Å². The number of carbonyl (C=O) groups is 1. The first-order chi connectivity index (χ1) is 7.75. The van der Waals surface area contributed by atoms with Crippen LogP contribution in [0.4, 0.5) is 0 Å². The maximum Gasteiger partial charge on any atom is 0.148 e. The minimum atomic E-state index is 0.137. The molecule has 0 bridgehead atoms. The van der Waals surface area contributed by atoms with Crippen LogP contribution in [0.2, 0.25) is 0 Å². The molecule has 3 heteroatoms. The van der Waals surface area contributed by atoms with E-state index >= 15 is 0 Å². The topological polar surface area (TPSA) is 26.3 Å². The lowest BCUT2D eigenvalue weighted by Crippen LogP contribution is -2.16. The lowest BCUT2D eigenvalue weighted by molar-refractivity contribution is -0.120. The van der Waals surface area contributed by atoms with E-state index in [1.54, 1.807) is 11.8 Å². The molecule has 1 unspecified atom stereocenters. The molecule has 1 aliphatic heterocycles. The van der Waals surface area contributed by atoms with Crippen LogP contribution >= 0.6 is 11.8 Å². The minimum absolute atomic E-state index is 0.137. The second-order valence-corrected chi connectivity index (χ2v) is 5.18. The highest BCUT2D eigenvalue weighted by Crippen LogP contribution is 2.22. The molecule has 2 rings (SSSR count). The van der Waals surface area contributed by atoms with Crippen molar-refractivity contribution in [1.29, 1.82) is 0 Å². The molecule has 0 aliphatic carbocycles. The van der Waals surface area contributed by atoms with E-state index in [2.05, 4.69) is 31.2 Å². The van der Waals surface area contributed by atoms with Crippen molar-refractivity contribution < 1.29 is 9.53 Å². The molecule has 0 saturated carbocycles. The second kappa shape index (κ2) is 5.51. The third-order valence-corrected chi connectivity index (χ3v) is 3.82. The summed E-state index contributed by atoms with van der Waals surface area (Å²) in [5.41, 5.74) is 1.25. The monoisotopic (exact) mass is 236 g/mol. The smallest absolute Gasteiger partial charge is 0.148 e. The van der Waals surface area contributed by atoms with Crippen molar-refractivity contribution in [3.8, 4) is 0 Å². The van der Waals surface area contributed by atoms with Gasteiger partial charge in [0.2, 0.25) is 0 Å². The molecular formula is C13H16O2S. The van der Waals surface area contributed by atoms with E-state index in [1.807, 2.05) is 0 Å². The second-order valence-electron chi connectivity index (χ2n) is 4.13. The number of hydrogen-bond donors (Lipinski definition) is 0. The van der Waals surface area contributed by atoms with E-state index < -0.39 is 0 Å². The third kappa shape index (κ3) is 3.09.